The van der Waals surface area contributed by atoms with Gasteiger partial charge in [0.15, 0.2) is 6.10 Å². The molecule has 5 N–H and O–H groups in total. The second-order valence-corrected chi connectivity index (χ2v) is 15.8. The largest absolute Gasteiger partial charge is 0.469 e. The zero-order valence-corrected chi connectivity index (χ0v) is 35.9. The van der Waals surface area contributed by atoms with Crippen LogP contribution in [0.1, 0.15) is 162 Å². The summed E-state index contributed by atoms with van der Waals surface area (Å²) in [6.45, 7) is 3.26. The number of aliphatic hydroxyl groups excluding tert-OH is 3. The van der Waals surface area contributed by atoms with E-state index in [0.29, 0.717) is 6.42 Å². The molecular formula is C45H77O11P. The third-order valence-electron chi connectivity index (χ3n) is 9.06. The van der Waals surface area contributed by atoms with Crippen molar-refractivity contribution in [1.29, 1.82) is 0 Å². The molecule has 0 saturated heterocycles. The van der Waals surface area contributed by atoms with Crippen LogP contribution in [0.4, 0.5) is 0 Å². The normalized spacial score (nSPS) is 14.9. The first-order valence-corrected chi connectivity index (χ1v) is 23.1. The van der Waals surface area contributed by atoms with E-state index >= 15 is 0 Å². The molecule has 4 atom stereocenters. The molecule has 328 valence electrons. The van der Waals surface area contributed by atoms with Crippen LogP contribution < -0.4 is 0 Å². The number of phosphoric acid groups is 1. The van der Waals surface area contributed by atoms with Crippen molar-refractivity contribution in [2.75, 3.05) is 13.2 Å². The number of hydrogen-bond acceptors (Lipinski definition) is 9. The highest BCUT2D eigenvalue weighted by Gasteiger charge is 2.23. The fourth-order valence-electron chi connectivity index (χ4n) is 5.67. The van der Waals surface area contributed by atoms with Gasteiger partial charge in [-0.05, 0) is 57.8 Å². The van der Waals surface area contributed by atoms with Crippen LogP contribution in [0.5, 0.6) is 0 Å². The molecule has 0 spiro atoms. The van der Waals surface area contributed by atoms with E-state index in [1.807, 2.05) is 0 Å². The minimum atomic E-state index is -4.84. The fraction of sp³-hybridized carbons (Fsp3) is 0.689. The zero-order chi connectivity index (χ0) is 42.2. The first kappa shape index (κ1) is 54.4. The average molecular weight is 825 g/mol. The summed E-state index contributed by atoms with van der Waals surface area (Å²) in [6.07, 6.45) is 39.9. The van der Waals surface area contributed by atoms with E-state index in [-0.39, 0.29) is 25.7 Å². The van der Waals surface area contributed by atoms with Gasteiger partial charge in [0, 0.05) is 12.8 Å². The van der Waals surface area contributed by atoms with Crippen molar-refractivity contribution in [2.24, 2.45) is 0 Å². The molecule has 0 saturated carbocycles. The van der Waals surface area contributed by atoms with Gasteiger partial charge >= 0.3 is 19.8 Å². The van der Waals surface area contributed by atoms with Crippen molar-refractivity contribution in [1.82, 2.24) is 0 Å². The predicted octanol–water partition coefficient (Wildman–Crippen LogP) is 9.98. The molecule has 0 radical (unpaired) electrons. The lowest BCUT2D eigenvalue weighted by molar-refractivity contribution is -0.161. The summed E-state index contributed by atoms with van der Waals surface area (Å²) in [6, 6.07) is 0. The van der Waals surface area contributed by atoms with Gasteiger partial charge in [-0.1, -0.05) is 164 Å². The standard InChI is InChI=1S/C45H77O11P/c1-3-5-7-8-9-10-11-12-13-14-15-16-17-18-19-20-21-26-30-36-45(50)56-41(39-55-57(51,52)53)38-54-44(49)37-31-35-43(48)42(47)34-29-25-23-22-24-28-33-40(46)32-27-6-4-2/h9-10,12-13,22-25,28-29,33-34,40-43,46-48H,3-8,11,14-21,26-27,30-32,35-39H2,1-2H3,(H2,51,52,53)/b10-9-,13-12-,24-22-,25-23+,33-28+,34-29+/t40-,41-,42-,43-/m1/s1. The number of carbonyl (C=O) groups excluding carboxylic acids is 2. The third kappa shape index (κ3) is 40.0. The van der Waals surface area contributed by atoms with Crippen molar-refractivity contribution in [3.8, 4) is 0 Å². The van der Waals surface area contributed by atoms with Crippen LogP contribution in [0.25, 0.3) is 0 Å². The Labute approximate surface area is 344 Å². The molecule has 57 heavy (non-hydrogen) atoms. The Balaban J connectivity index is 4.23. The van der Waals surface area contributed by atoms with Gasteiger partial charge in [0.05, 0.1) is 24.9 Å². The molecule has 0 aromatic rings. The number of rotatable bonds is 38. The third-order valence-corrected chi connectivity index (χ3v) is 9.55. The minimum Gasteiger partial charge on any atom is -0.462 e. The van der Waals surface area contributed by atoms with Crippen molar-refractivity contribution in [3.63, 3.8) is 0 Å². The van der Waals surface area contributed by atoms with Crippen LogP contribution in [0.15, 0.2) is 72.9 Å². The molecule has 12 heteroatoms. The Morgan fingerprint density at radius 1 is 0.579 bits per heavy atom. The van der Waals surface area contributed by atoms with Gasteiger partial charge in [-0.25, -0.2) is 4.57 Å². The highest BCUT2D eigenvalue weighted by Crippen LogP contribution is 2.36. The number of ether oxygens (including phenoxy) is 2. The summed E-state index contributed by atoms with van der Waals surface area (Å²) in [5, 5.41) is 30.3. The van der Waals surface area contributed by atoms with Crippen molar-refractivity contribution in [3.05, 3.63) is 72.9 Å². The molecular weight excluding hydrogens is 747 g/mol. The van der Waals surface area contributed by atoms with E-state index in [0.717, 1.165) is 64.2 Å². The lowest BCUT2D eigenvalue weighted by Crippen LogP contribution is -2.29. The van der Waals surface area contributed by atoms with E-state index in [1.54, 1.807) is 42.5 Å². The van der Waals surface area contributed by atoms with Gasteiger partial charge < -0.3 is 34.6 Å². The maximum Gasteiger partial charge on any atom is 0.469 e. The molecule has 0 aliphatic rings. The zero-order valence-electron chi connectivity index (χ0n) is 35.0. The molecule has 0 aromatic carbocycles. The second kappa shape index (κ2) is 38.9. The number of esters is 2. The maximum absolute atomic E-state index is 12.4. The number of unbranched alkanes of at least 4 members (excludes halogenated alkanes) is 14. The van der Waals surface area contributed by atoms with Gasteiger partial charge in [0.2, 0.25) is 0 Å². The maximum atomic E-state index is 12.4. The minimum absolute atomic E-state index is 0.0895. The van der Waals surface area contributed by atoms with E-state index in [2.05, 4.69) is 42.7 Å². The quantitative estimate of drug-likeness (QED) is 0.0131. The highest BCUT2D eigenvalue weighted by atomic mass is 31.2. The first-order chi connectivity index (χ1) is 27.5. The van der Waals surface area contributed by atoms with E-state index in [1.165, 1.54) is 57.4 Å². The molecule has 0 bridgehead atoms. The molecule has 0 fully saturated rings. The highest BCUT2D eigenvalue weighted by molar-refractivity contribution is 7.46. The first-order valence-electron chi connectivity index (χ1n) is 21.6. The van der Waals surface area contributed by atoms with Crippen LogP contribution in [0.3, 0.4) is 0 Å². The van der Waals surface area contributed by atoms with Crippen LogP contribution in [0, 0.1) is 0 Å². The van der Waals surface area contributed by atoms with Crippen molar-refractivity contribution >= 4 is 19.8 Å². The molecule has 0 rings (SSSR count). The van der Waals surface area contributed by atoms with Gasteiger partial charge in [-0.2, -0.15) is 0 Å². The smallest absolute Gasteiger partial charge is 0.462 e. The van der Waals surface area contributed by atoms with Crippen LogP contribution in [-0.4, -0.2) is 74.7 Å². The second-order valence-electron chi connectivity index (χ2n) is 14.5. The van der Waals surface area contributed by atoms with Crippen LogP contribution in [-0.2, 0) is 28.2 Å². The summed E-state index contributed by atoms with van der Waals surface area (Å²) in [4.78, 5) is 42.9. The topological polar surface area (TPSA) is 180 Å². The Bertz CT molecular complexity index is 1200. The van der Waals surface area contributed by atoms with E-state index < -0.39 is 57.4 Å². The van der Waals surface area contributed by atoms with Crippen LogP contribution >= 0.6 is 7.82 Å². The molecule has 0 aromatic heterocycles. The molecule has 0 aliphatic carbocycles. The Kier molecular flexibility index (Phi) is 37.1. The SMILES string of the molecule is CCCCC/C=C\C/C=C\CCCCCCCCCCCC(=O)O[C@H](COC(=O)CCC[C@@H](O)[C@H](O)/C=C/C=C/C=C\C=C\[C@H](O)CCCCC)COP(=O)(O)O. The molecule has 0 aliphatic heterocycles. The number of hydrogen-bond donors (Lipinski definition) is 5. The summed E-state index contributed by atoms with van der Waals surface area (Å²) < 4.78 is 26.2. The predicted molar refractivity (Wildman–Crippen MR) is 229 cm³/mol. The number of phosphoric ester groups is 1. The molecule has 0 heterocycles. The van der Waals surface area contributed by atoms with Gasteiger partial charge in [-0.3, -0.25) is 14.1 Å². The summed E-state index contributed by atoms with van der Waals surface area (Å²) in [7, 11) is -4.84. The van der Waals surface area contributed by atoms with Crippen molar-refractivity contribution in [2.45, 2.75) is 186 Å². The van der Waals surface area contributed by atoms with Gasteiger partial charge in [0.1, 0.15) is 6.61 Å². The Hall–Kier alpha value is -2.63. The number of allylic oxidation sites excluding steroid dienone is 10. The van der Waals surface area contributed by atoms with Crippen molar-refractivity contribution < 1.29 is 53.3 Å². The van der Waals surface area contributed by atoms with Gasteiger partial charge in [-0.15, -0.1) is 0 Å². The lowest BCUT2D eigenvalue weighted by atomic mass is 10.1. The monoisotopic (exact) mass is 825 g/mol. The van der Waals surface area contributed by atoms with Gasteiger partial charge in [0.25, 0.3) is 0 Å². The molecule has 0 amide bonds. The summed E-state index contributed by atoms with van der Waals surface area (Å²) in [5.41, 5.74) is 0. The fourth-order valence-corrected chi connectivity index (χ4v) is 6.03. The summed E-state index contributed by atoms with van der Waals surface area (Å²) in [5.74, 6) is -1.22. The molecule has 11 nitrogen and oxygen atoms in total. The Morgan fingerprint density at radius 2 is 1.11 bits per heavy atom. The lowest BCUT2D eigenvalue weighted by Gasteiger charge is -2.18. The average Bonchev–Trinajstić information content (AvgIpc) is 3.17. The Morgan fingerprint density at radius 3 is 1.72 bits per heavy atom. The number of carbonyl (C=O) groups is 2. The van der Waals surface area contributed by atoms with E-state index in [4.69, 9.17) is 19.3 Å². The summed E-state index contributed by atoms with van der Waals surface area (Å²) >= 11 is 0. The van der Waals surface area contributed by atoms with E-state index in [9.17, 15) is 29.5 Å². The molecule has 0 unspecified atom stereocenters. The number of aliphatic hydroxyl groups is 3. The van der Waals surface area contributed by atoms with Crippen LogP contribution in [0.2, 0.25) is 0 Å².